The number of methoxy groups -OCH3 is 1. The highest BCUT2D eigenvalue weighted by Crippen LogP contribution is 2.29. The third-order valence-electron chi connectivity index (χ3n) is 3.67. The fourth-order valence-electron chi connectivity index (χ4n) is 2.54. The summed E-state index contributed by atoms with van der Waals surface area (Å²) in [7, 11) is 1.66. The van der Waals surface area contributed by atoms with Gasteiger partial charge in [-0.1, -0.05) is 28.1 Å². The van der Waals surface area contributed by atoms with Crippen LogP contribution in [0.15, 0.2) is 46.9 Å². The highest BCUT2D eigenvalue weighted by Gasteiger charge is 2.08. The molecular weight excluding hydrogens is 356 g/mol. The summed E-state index contributed by atoms with van der Waals surface area (Å²) in [5.41, 5.74) is 11.1. The smallest absolute Gasteiger partial charge is 0.0719 e. The summed E-state index contributed by atoms with van der Waals surface area (Å²) in [5, 5.41) is 1.09. The number of hydrogen-bond acceptors (Lipinski definition) is 3. The zero-order valence-corrected chi connectivity index (χ0v) is 14.5. The number of hydrogen-bond donors (Lipinski definition) is 2. The molecule has 120 valence electrons. The molecule has 0 fully saturated rings. The first-order chi connectivity index (χ1) is 11.2. The van der Waals surface area contributed by atoms with Crippen molar-refractivity contribution in [3.8, 4) is 11.3 Å². The highest BCUT2D eigenvalue weighted by atomic mass is 79.9. The Morgan fingerprint density at radius 2 is 1.87 bits per heavy atom. The zero-order chi connectivity index (χ0) is 16.2. The Morgan fingerprint density at radius 3 is 2.61 bits per heavy atom. The number of benzene rings is 2. The van der Waals surface area contributed by atoms with Crippen molar-refractivity contribution in [2.45, 2.75) is 6.61 Å². The van der Waals surface area contributed by atoms with Crippen molar-refractivity contribution < 1.29 is 9.47 Å². The number of aromatic amines is 1. The van der Waals surface area contributed by atoms with E-state index in [4.69, 9.17) is 15.2 Å². The van der Waals surface area contributed by atoms with Crippen LogP contribution in [-0.2, 0) is 16.1 Å². The third-order valence-corrected chi connectivity index (χ3v) is 4.20. The monoisotopic (exact) mass is 374 g/mol. The molecule has 0 amide bonds. The number of nitrogens with two attached hydrogens (primary N) is 1. The van der Waals surface area contributed by atoms with E-state index < -0.39 is 0 Å². The first-order valence-corrected chi connectivity index (χ1v) is 8.20. The van der Waals surface area contributed by atoms with Crippen molar-refractivity contribution in [1.82, 2.24) is 4.98 Å². The number of H-pyrrole nitrogens is 1. The molecular formula is C18H19BrN2O2. The van der Waals surface area contributed by atoms with Crippen LogP contribution in [0.3, 0.4) is 0 Å². The van der Waals surface area contributed by atoms with E-state index in [1.54, 1.807) is 7.11 Å². The number of anilines is 1. The van der Waals surface area contributed by atoms with Crippen molar-refractivity contribution in [3.05, 3.63) is 52.5 Å². The molecule has 0 aliphatic rings. The predicted octanol–water partition coefficient (Wildman–Crippen LogP) is 4.34. The molecule has 3 rings (SSSR count). The van der Waals surface area contributed by atoms with E-state index in [1.807, 2.05) is 18.2 Å². The lowest BCUT2D eigenvalue weighted by Gasteiger charge is -2.05. The van der Waals surface area contributed by atoms with Gasteiger partial charge in [0.05, 0.1) is 31.0 Å². The third kappa shape index (κ3) is 3.75. The molecule has 0 saturated carbocycles. The SMILES string of the molecule is COCCOCc1cc(N)c2[nH]c(-c3ccc(Br)cc3)cc2c1. The largest absolute Gasteiger partial charge is 0.397 e. The van der Waals surface area contributed by atoms with E-state index in [2.05, 4.69) is 45.2 Å². The number of nitrogen functional groups attached to an aromatic ring is 1. The number of nitrogens with one attached hydrogen (secondary N) is 1. The van der Waals surface area contributed by atoms with Gasteiger partial charge in [0.25, 0.3) is 0 Å². The molecule has 3 aromatic rings. The maximum atomic E-state index is 6.18. The second-order valence-corrected chi connectivity index (χ2v) is 6.30. The molecule has 5 heteroatoms. The minimum absolute atomic E-state index is 0.530. The second kappa shape index (κ2) is 7.17. The van der Waals surface area contributed by atoms with Gasteiger partial charge in [0, 0.05) is 22.7 Å². The van der Waals surface area contributed by atoms with Gasteiger partial charge in [-0.3, -0.25) is 0 Å². The van der Waals surface area contributed by atoms with Gasteiger partial charge < -0.3 is 20.2 Å². The lowest BCUT2D eigenvalue weighted by atomic mass is 10.1. The molecule has 1 heterocycles. The summed E-state index contributed by atoms with van der Waals surface area (Å²) >= 11 is 3.46. The molecule has 0 aliphatic heterocycles. The zero-order valence-electron chi connectivity index (χ0n) is 12.9. The quantitative estimate of drug-likeness (QED) is 0.498. The Kier molecular flexibility index (Phi) is 5.00. The Morgan fingerprint density at radius 1 is 1.09 bits per heavy atom. The van der Waals surface area contributed by atoms with Crippen LogP contribution in [0.2, 0.25) is 0 Å². The van der Waals surface area contributed by atoms with E-state index in [1.165, 1.54) is 0 Å². The van der Waals surface area contributed by atoms with Gasteiger partial charge in [0.15, 0.2) is 0 Å². The topological polar surface area (TPSA) is 60.3 Å². The minimum atomic E-state index is 0.530. The van der Waals surface area contributed by atoms with Crippen LogP contribution < -0.4 is 5.73 Å². The van der Waals surface area contributed by atoms with Gasteiger partial charge in [-0.15, -0.1) is 0 Å². The number of ether oxygens (including phenoxy) is 2. The first kappa shape index (κ1) is 16.1. The van der Waals surface area contributed by atoms with Crippen molar-refractivity contribution >= 4 is 32.5 Å². The van der Waals surface area contributed by atoms with Gasteiger partial charge in [-0.25, -0.2) is 0 Å². The normalized spacial score (nSPS) is 11.2. The van der Waals surface area contributed by atoms with Crippen LogP contribution in [0.4, 0.5) is 5.69 Å². The van der Waals surface area contributed by atoms with E-state index in [0.717, 1.165) is 37.9 Å². The molecule has 0 spiro atoms. The molecule has 23 heavy (non-hydrogen) atoms. The fourth-order valence-corrected chi connectivity index (χ4v) is 2.80. The first-order valence-electron chi connectivity index (χ1n) is 7.41. The van der Waals surface area contributed by atoms with E-state index >= 15 is 0 Å². The van der Waals surface area contributed by atoms with Crippen LogP contribution in [-0.4, -0.2) is 25.3 Å². The maximum Gasteiger partial charge on any atom is 0.0719 e. The maximum absolute atomic E-state index is 6.18. The van der Waals surface area contributed by atoms with Crippen molar-refractivity contribution in [3.63, 3.8) is 0 Å². The summed E-state index contributed by atoms with van der Waals surface area (Å²) in [6, 6.07) is 14.4. The van der Waals surface area contributed by atoms with Crippen molar-refractivity contribution in [1.29, 1.82) is 0 Å². The van der Waals surface area contributed by atoms with Crippen LogP contribution in [0.1, 0.15) is 5.56 Å². The van der Waals surface area contributed by atoms with Crippen molar-refractivity contribution in [2.75, 3.05) is 26.1 Å². The van der Waals surface area contributed by atoms with E-state index in [-0.39, 0.29) is 0 Å². The summed E-state index contributed by atoms with van der Waals surface area (Å²) in [4.78, 5) is 3.40. The lowest BCUT2D eigenvalue weighted by Crippen LogP contribution is -2.02. The molecule has 4 nitrogen and oxygen atoms in total. The van der Waals surface area contributed by atoms with Crippen LogP contribution >= 0.6 is 15.9 Å². The minimum Gasteiger partial charge on any atom is -0.397 e. The van der Waals surface area contributed by atoms with Gasteiger partial charge in [0.1, 0.15) is 0 Å². The van der Waals surface area contributed by atoms with Crippen LogP contribution in [0.25, 0.3) is 22.2 Å². The molecule has 1 aromatic heterocycles. The van der Waals surface area contributed by atoms with Crippen LogP contribution in [0, 0.1) is 0 Å². The molecule has 0 bridgehead atoms. The summed E-state index contributed by atoms with van der Waals surface area (Å²) < 4.78 is 11.6. The lowest BCUT2D eigenvalue weighted by molar-refractivity contribution is 0.0617. The predicted molar refractivity (Wildman–Crippen MR) is 97.4 cm³/mol. The number of aromatic nitrogens is 1. The summed E-state index contributed by atoms with van der Waals surface area (Å²) in [6.45, 7) is 1.70. The molecule has 2 aromatic carbocycles. The van der Waals surface area contributed by atoms with Gasteiger partial charge in [-0.05, 0) is 41.5 Å². The average molecular weight is 375 g/mol. The molecule has 0 unspecified atom stereocenters. The Hall–Kier alpha value is -1.82. The van der Waals surface area contributed by atoms with Gasteiger partial charge in [-0.2, -0.15) is 0 Å². The summed E-state index contributed by atoms with van der Waals surface area (Å²) in [6.07, 6.45) is 0. The summed E-state index contributed by atoms with van der Waals surface area (Å²) in [5.74, 6) is 0. The molecule has 0 saturated heterocycles. The standard InChI is InChI=1S/C18H19BrN2O2/c1-22-6-7-23-11-12-8-14-10-17(21-18(14)16(20)9-12)13-2-4-15(19)5-3-13/h2-5,8-10,21H,6-7,11,20H2,1H3. The molecule has 0 radical (unpaired) electrons. The molecule has 3 N–H and O–H groups in total. The molecule has 0 aliphatic carbocycles. The average Bonchev–Trinajstić information content (AvgIpc) is 2.97. The molecule has 0 atom stereocenters. The van der Waals surface area contributed by atoms with Crippen molar-refractivity contribution in [2.24, 2.45) is 0 Å². The van der Waals surface area contributed by atoms with Gasteiger partial charge in [0.2, 0.25) is 0 Å². The Balaban J connectivity index is 1.87. The van der Waals surface area contributed by atoms with E-state index in [0.29, 0.717) is 19.8 Å². The number of halogens is 1. The van der Waals surface area contributed by atoms with Gasteiger partial charge >= 0.3 is 0 Å². The Labute approximate surface area is 143 Å². The highest BCUT2D eigenvalue weighted by molar-refractivity contribution is 9.10. The Bertz CT molecular complexity index is 797. The van der Waals surface area contributed by atoms with Crippen LogP contribution in [0.5, 0.6) is 0 Å². The number of fused-ring (bicyclic) bond motifs is 1. The second-order valence-electron chi connectivity index (χ2n) is 5.38. The van der Waals surface area contributed by atoms with E-state index in [9.17, 15) is 0 Å². The fraction of sp³-hybridized carbons (Fsp3) is 0.222. The number of rotatable bonds is 6.